The van der Waals surface area contributed by atoms with E-state index in [1.165, 1.54) is 24.2 Å². The summed E-state index contributed by atoms with van der Waals surface area (Å²) in [5.41, 5.74) is 2.76. The predicted molar refractivity (Wildman–Crippen MR) is 196 cm³/mol. The Morgan fingerprint density at radius 2 is 1.70 bits per heavy atom. The van der Waals surface area contributed by atoms with Gasteiger partial charge in [-0.25, -0.2) is 4.79 Å². The average molecular weight is 706 g/mol. The second-order valence-electron chi connectivity index (χ2n) is 10.7. The molecule has 1 aliphatic heterocycles. The van der Waals surface area contributed by atoms with Crippen LogP contribution < -0.4 is 5.32 Å². The number of hydrogen-bond donors (Lipinski definition) is 1. The number of furan rings is 1. The molecule has 1 aromatic heterocycles. The molecule has 0 atom stereocenters. The molecule has 0 fully saturated rings. The minimum Gasteiger partial charge on any atom is -0.465 e. The van der Waals surface area contributed by atoms with Gasteiger partial charge >= 0.3 is 5.97 Å². The lowest BCUT2D eigenvalue weighted by atomic mass is 9.99. The molecule has 1 N–H and O–H groups in total. The fourth-order valence-electron chi connectivity index (χ4n) is 5.06. The van der Waals surface area contributed by atoms with Crippen LogP contribution in [0.25, 0.3) is 17.4 Å². The minimum absolute atomic E-state index is 0.0468. The number of rotatable bonds is 11. The summed E-state index contributed by atoms with van der Waals surface area (Å²) >= 11 is 7.25. The highest BCUT2D eigenvalue weighted by molar-refractivity contribution is 8.14. The number of esters is 1. The molecule has 5 rings (SSSR count). The number of hydrogen-bond acceptors (Lipinski definition) is 7. The van der Waals surface area contributed by atoms with Crippen molar-refractivity contribution in [1.82, 2.24) is 10.2 Å². The second-order valence-corrected chi connectivity index (χ2v) is 12.1. The number of thioether (sulfide) groups is 1. The van der Waals surface area contributed by atoms with Gasteiger partial charge in [0.2, 0.25) is 5.91 Å². The molecule has 0 aliphatic carbocycles. The Balaban J connectivity index is 1.40. The van der Waals surface area contributed by atoms with Gasteiger partial charge in [-0.2, -0.15) is 4.99 Å². The van der Waals surface area contributed by atoms with Gasteiger partial charge in [0.15, 0.2) is 5.17 Å². The molecule has 3 amide bonds. The summed E-state index contributed by atoms with van der Waals surface area (Å²) in [7, 11) is 1.26. The van der Waals surface area contributed by atoms with Gasteiger partial charge in [0.1, 0.15) is 17.1 Å². The summed E-state index contributed by atoms with van der Waals surface area (Å²) in [5.74, 6) is -1.84. The van der Waals surface area contributed by atoms with Crippen LogP contribution >= 0.6 is 23.4 Å². The molecule has 0 saturated heterocycles. The summed E-state index contributed by atoms with van der Waals surface area (Å²) in [6, 6.07) is 26.7. The molecule has 3 aromatic carbocycles. The molecule has 0 unspecified atom stereocenters. The zero-order valence-corrected chi connectivity index (χ0v) is 28.7. The van der Waals surface area contributed by atoms with Gasteiger partial charge in [-0.15, -0.1) is 0 Å². The van der Waals surface area contributed by atoms with Gasteiger partial charge in [-0.05, 0) is 54.5 Å². The number of allylic oxidation sites excluding steroid dienone is 4. The normalized spacial score (nSPS) is 14.3. The van der Waals surface area contributed by atoms with Crippen LogP contribution in [0.3, 0.4) is 0 Å². The standard InChI is InChI=1S/C39H32ClN3O6S/c1-4-6-17-28(5-2)43-37(46)31(23-29-19-21-33(49-29)27-18-20-30(32(40)22-27)38(47)48-3)36(45)42-39(43)50-24-34(44)41-35(25-13-9-7-10-14-25)26-15-11-8-12-16-26/h4-23,35H,1,24H2,2-3H3,(H,41,44)/b17-6-,28-5+,31-23+. The van der Waals surface area contributed by atoms with Crippen molar-refractivity contribution in [3.05, 3.63) is 161 Å². The van der Waals surface area contributed by atoms with Gasteiger partial charge in [-0.1, -0.05) is 115 Å². The number of methoxy groups -OCH3 is 1. The Bertz CT molecular complexity index is 2010. The lowest BCUT2D eigenvalue weighted by Gasteiger charge is -2.28. The molecule has 0 radical (unpaired) electrons. The molecule has 0 saturated carbocycles. The van der Waals surface area contributed by atoms with E-state index in [1.807, 2.05) is 60.7 Å². The third kappa shape index (κ3) is 8.28. The summed E-state index contributed by atoms with van der Waals surface area (Å²) in [5, 5.41) is 3.30. The monoisotopic (exact) mass is 705 g/mol. The number of benzene rings is 3. The zero-order chi connectivity index (χ0) is 35.6. The number of ether oxygens (including phenoxy) is 1. The maximum absolute atomic E-state index is 14.0. The number of halogens is 1. The van der Waals surface area contributed by atoms with Crippen LogP contribution in [0.2, 0.25) is 5.02 Å². The topological polar surface area (TPSA) is 118 Å². The number of amides is 3. The molecule has 50 heavy (non-hydrogen) atoms. The van der Waals surface area contributed by atoms with E-state index in [9.17, 15) is 19.2 Å². The quantitative estimate of drug-likeness (QED) is 0.0733. The van der Waals surface area contributed by atoms with E-state index in [2.05, 4.69) is 16.9 Å². The molecule has 9 nitrogen and oxygen atoms in total. The molecule has 4 aromatic rings. The fourth-order valence-corrected chi connectivity index (χ4v) is 6.13. The van der Waals surface area contributed by atoms with Crippen molar-refractivity contribution in [3.8, 4) is 11.3 Å². The smallest absolute Gasteiger partial charge is 0.339 e. The van der Waals surface area contributed by atoms with E-state index < -0.39 is 23.8 Å². The van der Waals surface area contributed by atoms with Crippen molar-refractivity contribution in [2.24, 2.45) is 4.99 Å². The summed E-state index contributed by atoms with van der Waals surface area (Å²) in [4.78, 5) is 58.2. The van der Waals surface area contributed by atoms with Crippen molar-refractivity contribution in [2.45, 2.75) is 13.0 Å². The van der Waals surface area contributed by atoms with Crippen LogP contribution in [-0.4, -0.2) is 46.6 Å². The van der Waals surface area contributed by atoms with Crippen LogP contribution in [0.15, 0.2) is 143 Å². The van der Waals surface area contributed by atoms with Crippen molar-refractivity contribution in [3.63, 3.8) is 0 Å². The molecule has 0 spiro atoms. The van der Waals surface area contributed by atoms with E-state index in [-0.39, 0.29) is 38.7 Å². The first-order valence-corrected chi connectivity index (χ1v) is 16.7. The molecule has 1 aliphatic rings. The Morgan fingerprint density at radius 1 is 1.02 bits per heavy atom. The Kier molecular flexibility index (Phi) is 11.8. The highest BCUT2D eigenvalue weighted by Gasteiger charge is 2.35. The number of carbonyl (C=O) groups is 4. The first kappa shape index (κ1) is 35.6. The minimum atomic E-state index is -0.785. The van der Waals surface area contributed by atoms with Gasteiger partial charge in [-0.3, -0.25) is 19.3 Å². The first-order chi connectivity index (χ1) is 24.2. The predicted octanol–water partition coefficient (Wildman–Crippen LogP) is 7.78. The van der Waals surface area contributed by atoms with Gasteiger partial charge in [0.05, 0.1) is 29.5 Å². The summed E-state index contributed by atoms with van der Waals surface area (Å²) < 4.78 is 10.7. The number of amidine groups is 1. The maximum Gasteiger partial charge on any atom is 0.339 e. The Morgan fingerprint density at radius 3 is 2.30 bits per heavy atom. The van der Waals surface area contributed by atoms with Crippen LogP contribution in [0, 0.1) is 0 Å². The summed E-state index contributed by atoms with van der Waals surface area (Å²) in [6.45, 7) is 5.45. The number of carbonyl (C=O) groups excluding carboxylic acids is 4. The largest absolute Gasteiger partial charge is 0.465 e. The fraction of sp³-hybridized carbons (Fsp3) is 0.103. The van der Waals surface area contributed by atoms with Crippen LogP contribution in [0.4, 0.5) is 0 Å². The van der Waals surface area contributed by atoms with Crippen LogP contribution in [0.1, 0.15) is 40.2 Å². The van der Waals surface area contributed by atoms with Gasteiger partial charge in [0, 0.05) is 11.3 Å². The third-order valence-electron chi connectivity index (χ3n) is 7.49. The van der Waals surface area contributed by atoms with Crippen LogP contribution in [0.5, 0.6) is 0 Å². The van der Waals surface area contributed by atoms with Crippen molar-refractivity contribution >= 4 is 58.3 Å². The molecule has 252 valence electrons. The van der Waals surface area contributed by atoms with E-state index in [0.717, 1.165) is 22.9 Å². The zero-order valence-electron chi connectivity index (χ0n) is 27.2. The number of nitrogens with zero attached hydrogens (tertiary/aromatic N) is 2. The Hall–Kier alpha value is -5.71. The number of nitrogens with one attached hydrogen (secondary N) is 1. The third-order valence-corrected chi connectivity index (χ3v) is 8.74. The highest BCUT2D eigenvalue weighted by Crippen LogP contribution is 2.31. The summed E-state index contributed by atoms with van der Waals surface area (Å²) in [6.07, 6.45) is 7.87. The van der Waals surface area contributed by atoms with E-state index in [4.69, 9.17) is 20.8 Å². The highest BCUT2D eigenvalue weighted by atomic mass is 35.5. The van der Waals surface area contributed by atoms with Crippen LogP contribution in [-0.2, 0) is 19.1 Å². The van der Waals surface area contributed by atoms with E-state index in [1.54, 1.807) is 55.5 Å². The number of aliphatic imine (C=N–C) groups is 1. The van der Waals surface area contributed by atoms with E-state index >= 15 is 0 Å². The SMILES string of the molecule is C=C/C=C\C(=C/C)N1C(=O)/C(=C/c2ccc(-c3ccc(C(=O)OC)c(Cl)c3)o2)C(=O)N=C1SCC(=O)NC(c1ccccc1)c1ccccc1. The van der Waals surface area contributed by atoms with Crippen molar-refractivity contribution < 1.29 is 28.3 Å². The molecular weight excluding hydrogens is 674 g/mol. The molecular formula is C39H32ClN3O6S. The molecule has 0 bridgehead atoms. The van der Waals surface area contributed by atoms with Gasteiger partial charge < -0.3 is 14.5 Å². The lowest BCUT2D eigenvalue weighted by Crippen LogP contribution is -2.42. The van der Waals surface area contributed by atoms with Crippen molar-refractivity contribution in [2.75, 3.05) is 12.9 Å². The second kappa shape index (κ2) is 16.6. The molecule has 11 heteroatoms. The lowest BCUT2D eigenvalue weighted by molar-refractivity contribution is -0.126. The van der Waals surface area contributed by atoms with Gasteiger partial charge in [0.25, 0.3) is 11.8 Å². The van der Waals surface area contributed by atoms with Crippen molar-refractivity contribution in [1.29, 1.82) is 0 Å². The first-order valence-electron chi connectivity index (χ1n) is 15.4. The molecule has 2 heterocycles. The van der Waals surface area contributed by atoms with E-state index in [0.29, 0.717) is 17.0 Å². The average Bonchev–Trinajstić information content (AvgIpc) is 3.61. The Labute approximate surface area is 298 Å². The maximum atomic E-state index is 14.0.